The van der Waals surface area contributed by atoms with Crippen molar-refractivity contribution in [1.82, 2.24) is 9.97 Å². The van der Waals surface area contributed by atoms with E-state index in [4.69, 9.17) is 13.9 Å². The fourth-order valence-electron chi connectivity index (χ4n) is 2.25. The molecule has 132 valence electrons. The van der Waals surface area contributed by atoms with Crippen LogP contribution in [0.25, 0.3) is 22.6 Å². The highest BCUT2D eigenvalue weighted by molar-refractivity contribution is 5.78. The van der Waals surface area contributed by atoms with Crippen LogP contribution in [0.1, 0.15) is 12.5 Å². The first-order valence-electron chi connectivity index (χ1n) is 7.61. The Bertz CT molecular complexity index is 862. The summed E-state index contributed by atoms with van der Waals surface area (Å²) in [6.45, 7) is 3.18. The van der Waals surface area contributed by atoms with Crippen molar-refractivity contribution in [2.75, 3.05) is 19.8 Å². The minimum absolute atomic E-state index is 0.127. The molecular formula is C17H15F3N2O3. The highest BCUT2D eigenvalue weighted by Gasteiger charge is 2.31. The zero-order chi connectivity index (χ0) is 17.9. The molecule has 0 atom stereocenters. The molecule has 0 spiro atoms. The molecule has 0 fully saturated rings. The highest BCUT2D eigenvalue weighted by atomic mass is 19.4. The lowest BCUT2D eigenvalue weighted by Crippen LogP contribution is -2.07. The molecule has 0 amide bonds. The van der Waals surface area contributed by atoms with E-state index in [0.717, 1.165) is 12.1 Å². The summed E-state index contributed by atoms with van der Waals surface area (Å²) in [6.07, 6.45) is -1.41. The molecule has 2 aromatic heterocycles. The van der Waals surface area contributed by atoms with Crippen molar-refractivity contribution in [3.05, 3.63) is 42.2 Å². The number of rotatable bonds is 6. The van der Waals surface area contributed by atoms with Crippen LogP contribution in [-0.4, -0.2) is 29.8 Å². The molecule has 0 bridgehead atoms. The molecule has 25 heavy (non-hydrogen) atoms. The maximum atomic E-state index is 12.8. The molecular weight excluding hydrogens is 337 g/mol. The monoisotopic (exact) mass is 352 g/mol. The van der Waals surface area contributed by atoms with Gasteiger partial charge in [0.2, 0.25) is 5.89 Å². The second-order valence-electron chi connectivity index (χ2n) is 5.12. The first kappa shape index (κ1) is 17.2. The van der Waals surface area contributed by atoms with Gasteiger partial charge in [-0.3, -0.25) is 4.98 Å². The van der Waals surface area contributed by atoms with Crippen molar-refractivity contribution in [1.29, 1.82) is 0 Å². The third-order valence-electron chi connectivity index (χ3n) is 3.42. The van der Waals surface area contributed by atoms with Crippen molar-refractivity contribution in [2.24, 2.45) is 0 Å². The van der Waals surface area contributed by atoms with Crippen molar-refractivity contribution in [2.45, 2.75) is 13.1 Å². The van der Waals surface area contributed by atoms with Gasteiger partial charge in [0.05, 0.1) is 23.9 Å². The molecule has 3 aromatic rings. The number of ether oxygens (including phenoxy) is 2. The van der Waals surface area contributed by atoms with Gasteiger partial charge in [-0.15, -0.1) is 0 Å². The summed E-state index contributed by atoms with van der Waals surface area (Å²) in [5.41, 5.74) is 0.126. The van der Waals surface area contributed by atoms with Crippen LogP contribution >= 0.6 is 0 Å². The third kappa shape index (κ3) is 3.90. The maximum Gasteiger partial charge on any atom is 0.416 e. The lowest BCUT2D eigenvalue weighted by atomic mass is 10.2. The van der Waals surface area contributed by atoms with E-state index in [1.54, 1.807) is 6.07 Å². The summed E-state index contributed by atoms with van der Waals surface area (Å²) in [7, 11) is 0. The van der Waals surface area contributed by atoms with Crippen molar-refractivity contribution >= 4 is 11.1 Å². The van der Waals surface area contributed by atoms with Gasteiger partial charge in [0.1, 0.15) is 17.9 Å². The topological polar surface area (TPSA) is 57.4 Å². The van der Waals surface area contributed by atoms with Crippen LogP contribution in [0.2, 0.25) is 0 Å². The minimum Gasteiger partial charge on any atom is -0.489 e. The summed E-state index contributed by atoms with van der Waals surface area (Å²) < 4.78 is 54.8. The van der Waals surface area contributed by atoms with E-state index >= 15 is 0 Å². The predicted octanol–water partition coefficient (Wildman–Crippen LogP) is 4.32. The number of hydrogen-bond acceptors (Lipinski definition) is 5. The summed E-state index contributed by atoms with van der Waals surface area (Å²) in [4.78, 5) is 8.14. The van der Waals surface area contributed by atoms with Crippen LogP contribution in [0.3, 0.4) is 0 Å². The number of pyridine rings is 1. The first-order chi connectivity index (χ1) is 12.0. The van der Waals surface area contributed by atoms with Crippen LogP contribution in [0.4, 0.5) is 13.2 Å². The normalized spacial score (nSPS) is 11.8. The van der Waals surface area contributed by atoms with Crippen molar-refractivity contribution in [3.63, 3.8) is 0 Å². The summed E-state index contributed by atoms with van der Waals surface area (Å²) >= 11 is 0. The Kier molecular flexibility index (Phi) is 4.89. The largest absolute Gasteiger partial charge is 0.489 e. The lowest BCUT2D eigenvalue weighted by molar-refractivity contribution is -0.137. The van der Waals surface area contributed by atoms with Gasteiger partial charge in [-0.1, -0.05) is 0 Å². The Morgan fingerprint density at radius 2 is 2.00 bits per heavy atom. The molecule has 0 radical (unpaired) electrons. The lowest BCUT2D eigenvalue weighted by Gasteiger charge is -2.08. The van der Waals surface area contributed by atoms with E-state index in [0.29, 0.717) is 31.1 Å². The smallest absolute Gasteiger partial charge is 0.416 e. The third-order valence-corrected chi connectivity index (χ3v) is 3.42. The number of aromatic nitrogens is 2. The first-order valence-corrected chi connectivity index (χ1v) is 7.61. The second kappa shape index (κ2) is 7.10. The van der Waals surface area contributed by atoms with Crippen molar-refractivity contribution < 1.29 is 27.1 Å². The van der Waals surface area contributed by atoms with Gasteiger partial charge in [-0.2, -0.15) is 13.2 Å². The van der Waals surface area contributed by atoms with E-state index in [-0.39, 0.29) is 17.0 Å². The zero-order valence-corrected chi connectivity index (χ0v) is 13.3. The van der Waals surface area contributed by atoms with Gasteiger partial charge in [-0.05, 0) is 31.2 Å². The Morgan fingerprint density at radius 1 is 1.16 bits per heavy atom. The summed E-state index contributed by atoms with van der Waals surface area (Å²) in [5.74, 6) is 0.591. The molecule has 8 heteroatoms. The molecule has 0 unspecified atom stereocenters. The maximum absolute atomic E-state index is 12.8. The Morgan fingerprint density at radius 3 is 2.76 bits per heavy atom. The molecule has 0 saturated heterocycles. The molecule has 2 heterocycles. The Hall–Kier alpha value is -2.61. The molecule has 0 N–H and O–H groups in total. The summed E-state index contributed by atoms with van der Waals surface area (Å²) in [5, 5.41) is 0. The number of oxazole rings is 1. The summed E-state index contributed by atoms with van der Waals surface area (Å²) in [6, 6.07) is 4.80. The van der Waals surface area contributed by atoms with Gasteiger partial charge in [0, 0.05) is 12.8 Å². The standard InChI is InChI=1S/C17H15F3N2O3/c1-2-23-7-8-24-15-10-21-6-5-12(15)16-22-13-9-11(17(18,19)20)3-4-14(13)25-16/h3-6,9-10H,2,7-8H2,1H3. The number of benzene rings is 1. The molecule has 0 aliphatic heterocycles. The number of hydrogen-bond donors (Lipinski definition) is 0. The Labute approximate surface area is 141 Å². The molecule has 3 rings (SSSR count). The van der Waals surface area contributed by atoms with Crippen LogP contribution in [0, 0.1) is 0 Å². The zero-order valence-electron chi connectivity index (χ0n) is 13.3. The van der Waals surface area contributed by atoms with Gasteiger partial charge in [0.15, 0.2) is 5.58 Å². The predicted molar refractivity (Wildman–Crippen MR) is 84.2 cm³/mol. The highest BCUT2D eigenvalue weighted by Crippen LogP contribution is 2.34. The fourth-order valence-corrected chi connectivity index (χ4v) is 2.25. The molecule has 1 aromatic carbocycles. The SMILES string of the molecule is CCOCCOc1cnccc1-c1nc2cc(C(F)(F)F)ccc2o1. The van der Waals surface area contributed by atoms with Gasteiger partial charge < -0.3 is 13.9 Å². The molecule has 0 saturated carbocycles. The van der Waals surface area contributed by atoms with Crippen LogP contribution in [0.15, 0.2) is 41.1 Å². The molecule has 0 aliphatic carbocycles. The number of fused-ring (bicyclic) bond motifs is 1. The van der Waals surface area contributed by atoms with E-state index in [9.17, 15) is 13.2 Å². The molecule has 5 nitrogen and oxygen atoms in total. The number of nitrogens with zero attached hydrogens (tertiary/aromatic N) is 2. The van der Waals surface area contributed by atoms with Crippen LogP contribution < -0.4 is 4.74 Å². The average molecular weight is 352 g/mol. The van der Waals surface area contributed by atoms with E-state index in [1.807, 2.05) is 6.92 Å². The van der Waals surface area contributed by atoms with Crippen molar-refractivity contribution in [3.8, 4) is 17.2 Å². The number of alkyl halides is 3. The number of halogens is 3. The quantitative estimate of drug-likeness (QED) is 0.618. The van der Waals surface area contributed by atoms with E-state index in [2.05, 4.69) is 9.97 Å². The van der Waals surface area contributed by atoms with Crippen LogP contribution in [-0.2, 0) is 10.9 Å². The molecule has 0 aliphatic rings. The minimum atomic E-state index is -4.43. The van der Waals surface area contributed by atoms with E-state index in [1.165, 1.54) is 18.5 Å². The average Bonchev–Trinajstić information content (AvgIpc) is 3.01. The van der Waals surface area contributed by atoms with Gasteiger partial charge in [0.25, 0.3) is 0 Å². The van der Waals surface area contributed by atoms with Gasteiger partial charge in [-0.25, -0.2) is 4.98 Å². The Balaban J connectivity index is 1.91. The fraction of sp³-hybridized carbons (Fsp3) is 0.294. The van der Waals surface area contributed by atoms with Crippen LogP contribution in [0.5, 0.6) is 5.75 Å². The van der Waals surface area contributed by atoms with E-state index < -0.39 is 11.7 Å². The van der Waals surface area contributed by atoms with Gasteiger partial charge >= 0.3 is 6.18 Å². The second-order valence-corrected chi connectivity index (χ2v) is 5.12.